The van der Waals surface area contributed by atoms with E-state index in [1.54, 1.807) is 0 Å². The molecule has 0 saturated heterocycles. The summed E-state index contributed by atoms with van der Waals surface area (Å²) >= 11 is 1.83. The van der Waals surface area contributed by atoms with Gasteiger partial charge in [-0.1, -0.05) is 0 Å². The summed E-state index contributed by atoms with van der Waals surface area (Å²) in [6, 6.07) is 0.300. The molecule has 0 rings (SSSR count). The number of nitrogens with two attached hydrogens (primary N) is 1. The summed E-state index contributed by atoms with van der Waals surface area (Å²) in [6.07, 6.45) is 5.53. The number of rotatable bonds is 9. The average molecular weight is 268 g/mol. The van der Waals surface area contributed by atoms with Gasteiger partial charge in [0.15, 0.2) is 0 Å². The minimum atomic E-state index is -2.87. The summed E-state index contributed by atoms with van der Waals surface area (Å²) < 4.78 is 22.1. The van der Waals surface area contributed by atoms with E-state index in [1.807, 2.05) is 18.8 Å². The Morgan fingerprint density at radius 3 is 2.50 bits per heavy atom. The molecule has 1 unspecified atom stereocenters. The molecule has 0 aromatic heterocycles. The molecule has 98 valence electrons. The predicted octanol–water partition coefficient (Wildman–Crippen LogP) is 0.433. The van der Waals surface area contributed by atoms with Gasteiger partial charge in [0.25, 0.3) is 0 Å². The second-order valence-corrected chi connectivity index (χ2v) is 7.38. The van der Waals surface area contributed by atoms with E-state index >= 15 is 0 Å². The molecular formula is C10H24N2O2S2. The lowest BCUT2D eigenvalue weighted by Crippen LogP contribution is -2.40. The van der Waals surface area contributed by atoms with Gasteiger partial charge in [-0.3, -0.25) is 0 Å². The monoisotopic (exact) mass is 268 g/mol. The molecule has 0 bridgehead atoms. The Hall–Kier alpha value is 0.220. The lowest BCUT2D eigenvalue weighted by atomic mass is 10.1. The van der Waals surface area contributed by atoms with Crippen molar-refractivity contribution in [1.82, 2.24) is 4.90 Å². The Morgan fingerprint density at radius 2 is 2.06 bits per heavy atom. The summed E-state index contributed by atoms with van der Waals surface area (Å²) in [7, 11) is -0.926. The van der Waals surface area contributed by atoms with Crippen LogP contribution in [0, 0.1) is 0 Å². The molecule has 0 aliphatic rings. The molecular weight excluding hydrogens is 244 g/mol. The molecule has 0 aliphatic heterocycles. The number of sulfone groups is 1. The zero-order valence-electron chi connectivity index (χ0n) is 10.5. The molecule has 0 aliphatic carbocycles. The van der Waals surface area contributed by atoms with Crippen LogP contribution in [0.2, 0.25) is 0 Å². The van der Waals surface area contributed by atoms with Crippen LogP contribution in [0.15, 0.2) is 0 Å². The van der Waals surface area contributed by atoms with Gasteiger partial charge in [0.2, 0.25) is 0 Å². The number of hydrogen-bond acceptors (Lipinski definition) is 5. The minimum absolute atomic E-state index is 0.211. The fourth-order valence-corrected chi connectivity index (χ4v) is 2.55. The van der Waals surface area contributed by atoms with Crippen LogP contribution in [0.4, 0.5) is 0 Å². The number of hydrogen-bond donors (Lipinski definition) is 1. The molecule has 0 radical (unpaired) electrons. The first kappa shape index (κ1) is 16.2. The highest BCUT2D eigenvalue weighted by Crippen LogP contribution is 2.07. The topological polar surface area (TPSA) is 63.4 Å². The first-order valence-electron chi connectivity index (χ1n) is 5.47. The van der Waals surface area contributed by atoms with E-state index in [1.165, 1.54) is 6.26 Å². The highest BCUT2D eigenvalue weighted by atomic mass is 32.2. The fraction of sp³-hybridized carbons (Fsp3) is 1.00. The number of thioether (sulfide) groups is 1. The Kier molecular flexibility index (Phi) is 8.45. The number of nitrogens with zero attached hydrogens (tertiary/aromatic N) is 1. The van der Waals surface area contributed by atoms with Crippen molar-refractivity contribution in [3.05, 3.63) is 0 Å². The van der Waals surface area contributed by atoms with Crippen molar-refractivity contribution < 1.29 is 8.42 Å². The van der Waals surface area contributed by atoms with Crippen molar-refractivity contribution >= 4 is 21.6 Å². The fourth-order valence-electron chi connectivity index (χ4n) is 1.47. The summed E-state index contributed by atoms with van der Waals surface area (Å²) in [5.41, 5.74) is 5.70. The van der Waals surface area contributed by atoms with Gasteiger partial charge in [-0.05, 0) is 31.9 Å². The maximum Gasteiger partial charge on any atom is 0.148 e. The standard InChI is InChI=1S/C10H24N2O2S2/c1-12(6-8-16(3,13)14)10(9-11)5-4-7-15-2/h10H,4-9,11H2,1-3H3. The van der Waals surface area contributed by atoms with Gasteiger partial charge in [0.05, 0.1) is 5.75 Å². The molecule has 0 spiro atoms. The van der Waals surface area contributed by atoms with Gasteiger partial charge < -0.3 is 10.6 Å². The second kappa shape index (κ2) is 8.33. The molecule has 2 N–H and O–H groups in total. The molecule has 0 heterocycles. The molecule has 0 amide bonds. The largest absolute Gasteiger partial charge is 0.329 e. The van der Waals surface area contributed by atoms with Gasteiger partial charge in [-0.25, -0.2) is 8.42 Å². The van der Waals surface area contributed by atoms with Crippen molar-refractivity contribution in [3.63, 3.8) is 0 Å². The van der Waals surface area contributed by atoms with E-state index in [-0.39, 0.29) is 5.75 Å². The quantitative estimate of drug-likeness (QED) is 0.615. The average Bonchev–Trinajstić information content (AvgIpc) is 2.20. The smallest absolute Gasteiger partial charge is 0.148 e. The SMILES string of the molecule is CSCCCC(CN)N(C)CCS(C)(=O)=O. The maximum atomic E-state index is 11.0. The lowest BCUT2D eigenvalue weighted by Gasteiger charge is -2.26. The maximum absolute atomic E-state index is 11.0. The van der Waals surface area contributed by atoms with Crippen LogP contribution in [0.3, 0.4) is 0 Å². The second-order valence-electron chi connectivity index (χ2n) is 4.14. The Labute approximate surface area is 104 Å². The highest BCUT2D eigenvalue weighted by molar-refractivity contribution is 7.98. The number of likely N-dealkylation sites (N-methyl/N-ethyl adjacent to an activating group) is 1. The van der Waals surface area contributed by atoms with Crippen LogP contribution in [-0.2, 0) is 9.84 Å². The summed E-state index contributed by atoms with van der Waals surface area (Å²) in [4.78, 5) is 2.06. The Bertz CT molecular complexity index is 268. The third kappa shape index (κ3) is 8.38. The van der Waals surface area contributed by atoms with Crippen molar-refractivity contribution in [2.75, 3.05) is 44.2 Å². The van der Waals surface area contributed by atoms with Crippen LogP contribution in [0.5, 0.6) is 0 Å². The Balaban J connectivity index is 3.95. The van der Waals surface area contributed by atoms with Crippen LogP contribution in [0.1, 0.15) is 12.8 Å². The first-order valence-corrected chi connectivity index (χ1v) is 8.93. The van der Waals surface area contributed by atoms with E-state index in [2.05, 4.69) is 11.2 Å². The normalized spacial score (nSPS) is 14.3. The van der Waals surface area contributed by atoms with Crippen LogP contribution in [-0.4, -0.2) is 63.5 Å². The molecule has 16 heavy (non-hydrogen) atoms. The van der Waals surface area contributed by atoms with E-state index < -0.39 is 9.84 Å². The van der Waals surface area contributed by atoms with Gasteiger partial charge >= 0.3 is 0 Å². The van der Waals surface area contributed by atoms with Crippen LogP contribution >= 0.6 is 11.8 Å². The molecule has 0 aromatic carbocycles. The van der Waals surface area contributed by atoms with Gasteiger partial charge in [-0.15, -0.1) is 0 Å². The van der Waals surface area contributed by atoms with E-state index in [0.29, 0.717) is 19.1 Å². The third-order valence-corrected chi connectivity index (χ3v) is 4.22. The summed E-state index contributed by atoms with van der Waals surface area (Å²) in [5, 5.41) is 0. The summed E-state index contributed by atoms with van der Waals surface area (Å²) in [6.45, 7) is 1.16. The molecule has 6 heteroatoms. The van der Waals surface area contributed by atoms with Crippen LogP contribution < -0.4 is 5.73 Å². The van der Waals surface area contributed by atoms with Crippen LogP contribution in [0.25, 0.3) is 0 Å². The first-order chi connectivity index (χ1) is 7.40. The van der Waals surface area contributed by atoms with Crippen molar-refractivity contribution in [2.45, 2.75) is 18.9 Å². The van der Waals surface area contributed by atoms with E-state index in [9.17, 15) is 8.42 Å². The molecule has 0 aromatic rings. The molecule has 1 atom stereocenters. The zero-order chi connectivity index (χ0) is 12.6. The van der Waals surface area contributed by atoms with Gasteiger partial charge in [0, 0.05) is 25.4 Å². The molecule has 4 nitrogen and oxygen atoms in total. The van der Waals surface area contributed by atoms with Crippen molar-refractivity contribution in [1.29, 1.82) is 0 Å². The predicted molar refractivity (Wildman–Crippen MR) is 72.8 cm³/mol. The minimum Gasteiger partial charge on any atom is -0.329 e. The third-order valence-electron chi connectivity index (χ3n) is 2.60. The molecule has 0 fully saturated rings. The molecule has 0 saturated carbocycles. The highest BCUT2D eigenvalue weighted by Gasteiger charge is 2.14. The summed E-state index contributed by atoms with van der Waals surface area (Å²) in [5.74, 6) is 1.35. The lowest BCUT2D eigenvalue weighted by molar-refractivity contribution is 0.247. The van der Waals surface area contributed by atoms with E-state index in [0.717, 1.165) is 18.6 Å². The van der Waals surface area contributed by atoms with Gasteiger partial charge in [-0.2, -0.15) is 11.8 Å². The van der Waals surface area contributed by atoms with Gasteiger partial charge in [0.1, 0.15) is 9.84 Å². The Morgan fingerprint density at radius 1 is 1.44 bits per heavy atom. The van der Waals surface area contributed by atoms with Crippen molar-refractivity contribution in [3.8, 4) is 0 Å². The zero-order valence-corrected chi connectivity index (χ0v) is 12.1. The van der Waals surface area contributed by atoms with E-state index in [4.69, 9.17) is 5.73 Å². The van der Waals surface area contributed by atoms with Crippen molar-refractivity contribution in [2.24, 2.45) is 5.73 Å².